The summed E-state index contributed by atoms with van der Waals surface area (Å²) in [5, 5.41) is 0. The Kier molecular flexibility index (Phi) is 35.6. The second-order valence-corrected chi connectivity index (χ2v) is 1.06. The number of hydrogen-bond donors (Lipinski definition) is 0. The van der Waals surface area contributed by atoms with Gasteiger partial charge in [-0.25, -0.2) is 0 Å². The first-order valence-electron chi connectivity index (χ1n) is 2.00. The van der Waals surface area contributed by atoms with E-state index < -0.39 is 0 Å². The Morgan fingerprint density at radius 3 is 1.29 bits per heavy atom. The molecule has 0 fully saturated rings. The molecule has 46 valence electrons. The predicted octanol–water partition coefficient (Wildman–Crippen LogP) is 2.27. The van der Waals surface area contributed by atoms with Crippen molar-refractivity contribution in [3.63, 3.8) is 0 Å². The summed E-state index contributed by atoms with van der Waals surface area (Å²) in [6.45, 7) is 7.27. The van der Waals surface area contributed by atoms with Crippen molar-refractivity contribution in [1.82, 2.24) is 0 Å². The van der Waals surface area contributed by atoms with Gasteiger partial charge in [-0.2, -0.15) is 12.8 Å². The molecule has 0 amide bonds. The molecule has 0 aliphatic rings. The Labute approximate surface area is 62.0 Å². The van der Waals surface area contributed by atoms with Crippen molar-refractivity contribution in [3.05, 3.63) is 21.3 Å². The molecule has 0 aliphatic carbocycles. The minimum atomic E-state index is 0. The maximum absolute atomic E-state index is 3.64. The Balaban J connectivity index is -0.0000000800. The smallest absolute Gasteiger partial charge is 0 e. The third-order valence-corrected chi connectivity index (χ3v) is 0.500. The maximum atomic E-state index is 3.64. The standard InChI is InChI=1S/C5H10.CH3.W/c1-3-5-4-2;;/h1-5H2;1H3;/q-2;-1;. The van der Waals surface area contributed by atoms with E-state index in [-0.39, 0.29) is 28.5 Å². The molecule has 0 spiro atoms. The third-order valence-electron chi connectivity index (χ3n) is 0.500. The van der Waals surface area contributed by atoms with Gasteiger partial charge in [-0.1, -0.05) is 0 Å². The minimum absolute atomic E-state index is 0. The van der Waals surface area contributed by atoms with E-state index in [1.165, 1.54) is 6.42 Å². The van der Waals surface area contributed by atoms with Crippen LogP contribution in [0.4, 0.5) is 0 Å². The first kappa shape index (κ1) is 15.6. The largest absolute Gasteiger partial charge is 0.358 e. The topological polar surface area (TPSA) is 0 Å². The quantitative estimate of drug-likeness (QED) is 0.674. The molecular weight excluding hydrogens is 256 g/mol. The summed E-state index contributed by atoms with van der Waals surface area (Å²) < 4.78 is 0. The molecule has 0 aliphatic heterocycles. The van der Waals surface area contributed by atoms with E-state index in [0.29, 0.717) is 0 Å². The van der Waals surface area contributed by atoms with E-state index in [4.69, 9.17) is 0 Å². The van der Waals surface area contributed by atoms with Crippen LogP contribution in [0.15, 0.2) is 0 Å². The summed E-state index contributed by atoms with van der Waals surface area (Å²) in [6.07, 6.45) is 3.23. The predicted molar refractivity (Wildman–Crippen MR) is 31.0 cm³/mol. The molecule has 0 aromatic carbocycles. The van der Waals surface area contributed by atoms with E-state index >= 15 is 0 Å². The first-order chi connectivity index (χ1) is 2.41. The van der Waals surface area contributed by atoms with Gasteiger partial charge >= 0.3 is 0 Å². The van der Waals surface area contributed by atoms with E-state index in [0.717, 1.165) is 12.8 Å². The third kappa shape index (κ3) is 20.3. The first-order valence-corrected chi connectivity index (χ1v) is 2.00. The van der Waals surface area contributed by atoms with Gasteiger partial charge in [0.15, 0.2) is 0 Å². The molecule has 0 heterocycles. The van der Waals surface area contributed by atoms with Crippen LogP contribution in [-0.2, 0) is 21.1 Å². The molecule has 1 heteroatoms. The van der Waals surface area contributed by atoms with Crippen LogP contribution in [0.3, 0.4) is 0 Å². The summed E-state index contributed by atoms with van der Waals surface area (Å²) in [4.78, 5) is 0. The van der Waals surface area contributed by atoms with Gasteiger partial charge in [-0.3, -0.25) is 0 Å². The van der Waals surface area contributed by atoms with Crippen LogP contribution in [-0.4, -0.2) is 0 Å². The zero-order valence-electron chi connectivity index (χ0n) is 4.94. The van der Waals surface area contributed by atoms with Crippen molar-refractivity contribution in [2.24, 2.45) is 0 Å². The molecule has 0 unspecified atom stereocenters. The van der Waals surface area contributed by atoms with Gasteiger partial charge in [0.1, 0.15) is 0 Å². The van der Waals surface area contributed by atoms with Gasteiger partial charge in [0.05, 0.1) is 0 Å². The summed E-state index contributed by atoms with van der Waals surface area (Å²) >= 11 is 0. The van der Waals surface area contributed by atoms with E-state index in [9.17, 15) is 0 Å². The zero-order chi connectivity index (χ0) is 4.12. The second kappa shape index (κ2) is 15.9. The zero-order valence-corrected chi connectivity index (χ0v) is 7.88. The Morgan fingerprint density at radius 2 is 1.29 bits per heavy atom. The van der Waals surface area contributed by atoms with Gasteiger partial charge in [-0.05, 0) is 0 Å². The molecular formula is C6H13W-3. The Bertz CT molecular complexity index is 11.7. The van der Waals surface area contributed by atoms with E-state index in [1.807, 2.05) is 0 Å². The van der Waals surface area contributed by atoms with E-state index in [1.54, 1.807) is 0 Å². The normalized spacial score (nSPS) is 6.00. The fraction of sp³-hybridized carbons (Fsp3) is 0.500. The Morgan fingerprint density at radius 1 is 1.00 bits per heavy atom. The van der Waals surface area contributed by atoms with Crippen LogP contribution in [0, 0.1) is 21.3 Å². The van der Waals surface area contributed by atoms with Crippen LogP contribution in [0.25, 0.3) is 0 Å². The van der Waals surface area contributed by atoms with Crippen LogP contribution >= 0.6 is 0 Å². The Hall–Kier alpha value is 0.688. The summed E-state index contributed by atoms with van der Waals surface area (Å²) in [7, 11) is 0. The fourth-order valence-corrected chi connectivity index (χ4v) is 0.177. The van der Waals surface area contributed by atoms with Crippen molar-refractivity contribution in [2.45, 2.75) is 19.3 Å². The van der Waals surface area contributed by atoms with Gasteiger partial charge in [-0.15, -0.1) is 6.42 Å². The van der Waals surface area contributed by atoms with Crippen LogP contribution in [0.2, 0.25) is 0 Å². The van der Waals surface area contributed by atoms with Crippen molar-refractivity contribution in [3.8, 4) is 0 Å². The number of rotatable bonds is 2. The fourth-order valence-electron chi connectivity index (χ4n) is 0.177. The van der Waals surface area contributed by atoms with Crippen molar-refractivity contribution in [1.29, 1.82) is 0 Å². The average Bonchev–Trinajstić information content (AvgIpc) is 1.41. The molecule has 7 heavy (non-hydrogen) atoms. The molecule has 0 saturated heterocycles. The van der Waals surface area contributed by atoms with Crippen LogP contribution in [0.5, 0.6) is 0 Å². The molecule has 0 bridgehead atoms. The number of hydrogen-bond acceptors (Lipinski definition) is 0. The van der Waals surface area contributed by atoms with Gasteiger partial charge in [0.2, 0.25) is 0 Å². The monoisotopic (exact) mass is 269 g/mol. The molecule has 0 aromatic heterocycles. The van der Waals surface area contributed by atoms with Crippen LogP contribution < -0.4 is 0 Å². The maximum Gasteiger partial charge on any atom is 0 e. The molecule has 0 N–H and O–H groups in total. The summed E-state index contributed by atoms with van der Waals surface area (Å²) in [5.74, 6) is 0. The van der Waals surface area contributed by atoms with Crippen molar-refractivity contribution in [2.75, 3.05) is 0 Å². The number of unbranched alkanes of at least 4 members (excludes halogenated alkanes) is 2. The summed E-state index contributed by atoms with van der Waals surface area (Å²) in [6, 6.07) is 0. The van der Waals surface area contributed by atoms with E-state index in [2.05, 4.69) is 13.8 Å². The van der Waals surface area contributed by atoms with Gasteiger partial charge < -0.3 is 21.3 Å². The van der Waals surface area contributed by atoms with Gasteiger partial charge in [0, 0.05) is 21.1 Å². The average molecular weight is 269 g/mol. The molecule has 0 radical (unpaired) electrons. The SMILES string of the molecule is [CH2-]CCC[CH2-].[CH3-].[W]. The molecule has 0 nitrogen and oxygen atoms in total. The van der Waals surface area contributed by atoms with Crippen molar-refractivity contribution < 1.29 is 21.1 Å². The van der Waals surface area contributed by atoms with Crippen LogP contribution in [0.1, 0.15) is 19.3 Å². The molecule has 0 rings (SSSR count). The minimum Gasteiger partial charge on any atom is -0.358 e. The molecule has 0 saturated carbocycles. The second-order valence-electron chi connectivity index (χ2n) is 1.06. The molecule has 0 atom stereocenters. The molecule has 0 aromatic rings. The van der Waals surface area contributed by atoms with Gasteiger partial charge in [0.25, 0.3) is 0 Å². The van der Waals surface area contributed by atoms with Crippen molar-refractivity contribution >= 4 is 0 Å². The summed E-state index contributed by atoms with van der Waals surface area (Å²) in [5.41, 5.74) is 0.